The van der Waals surface area contributed by atoms with Crippen LogP contribution in [-0.2, 0) is 24.3 Å². The van der Waals surface area contributed by atoms with Gasteiger partial charge in [0.2, 0.25) is 15.9 Å². The van der Waals surface area contributed by atoms with Crippen LogP contribution < -0.4 is 9.62 Å². The molecule has 2 aromatic carbocycles. The molecular formula is C21H23ClN2O7S. The monoisotopic (exact) mass is 482 g/mol. The zero-order chi connectivity index (χ0) is 23.9. The Kier molecular flexibility index (Phi) is 8.62. The fraction of sp³-hybridized carbons (Fsp3) is 0.286. The number of nitrogens with one attached hydrogen (secondary N) is 1. The predicted octanol–water partition coefficient (Wildman–Crippen LogP) is 3.10. The summed E-state index contributed by atoms with van der Waals surface area (Å²) in [5, 5.41) is 3.04. The number of esters is 2. The van der Waals surface area contributed by atoms with Gasteiger partial charge in [0.25, 0.3) is 0 Å². The van der Waals surface area contributed by atoms with Crippen molar-refractivity contribution in [1.29, 1.82) is 0 Å². The van der Waals surface area contributed by atoms with Crippen molar-refractivity contribution in [1.82, 2.24) is 0 Å². The highest BCUT2D eigenvalue weighted by molar-refractivity contribution is 7.92. The molecule has 2 aromatic rings. The number of amides is 1. The highest BCUT2D eigenvalue weighted by Gasteiger charge is 2.19. The molecule has 0 bridgehead atoms. The molecule has 0 aromatic heterocycles. The third-order valence-electron chi connectivity index (χ3n) is 4.40. The van der Waals surface area contributed by atoms with Gasteiger partial charge >= 0.3 is 11.9 Å². The molecule has 0 aliphatic rings. The summed E-state index contributed by atoms with van der Waals surface area (Å²) in [5.41, 5.74) is 0.715. The van der Waals surface area contributed by atoms with Crippen molar-refractivity contribution in [3.05, 3.63) is 58.6 Å². The molecular weight excluding hydrogens is 460 g/mol. The zero-order valence-corrected chi connectivity index (χ0v) is 19.3. The highest BCUT2D eigenvalue weighted by atomic mass is 35.5. The second kappa shape index (κ2) is 11.0. The Morgan fingerprint density at radius 2 is 1.62 bits per heavy atom. The first-order valence-electron chi connectivity index (χ1n) is 9.40. The number of hydrogen-bond acceptors (Lipinski definition) is 7. The first-order chi connectivity index (χ1) is 15.1. The molecule has 0 fully saturated rings. The average Bonchev–Trinajstić information content (AvgIpc) is 2.75. The topological polar surface area (TPSA) is 119 Å². The maximum Gasteiger partial charge on any atom is 0.339 e. The predicted molar refractivity (Wildman–Crippen MR) is 121 cm³/mol. The molecule has 0 saturated heterocycles. The number of hydrogen-bond donors (Lipinski definition) is 1. The van der Waals surface area contributed by atoms with E-state index in [-0.39, 0.29) is 36.2 Å². The number of benzene rings is 2. The van der Waals surface area contributed by atoms with Gasteiger partial charge in [0.05, 0.1) is 43.0 Å². The van der Waals surface area contributed by atoms with E-state index in [4.69, 9.17) is 16.3 Å². The van der Waals surface area contributed by atoms with Gasteiger partial charge in [0.1, 0.15) is 0 Å². The van der Waals surface area contributed by atoms with Crippen LogP contribution in [0.1, 0.15) is 33.6 Å². The summed E-state index contributed by atoms with van der Waals surface area (Å²) in [6.45, 7) is 0.0555. The number of carbonyl (C=O) groups is 3. The largest absolute Gasteiger partial charge is 0.465 e. The van der Waals surface area contributed by atoms with E-state index in [1.165, 1.54) is 36.7 Å². The first-order valence-corrected chi connectivity index (χ1v) is 11.6. The van der Waals surface area contributed by atoms with Crippen LogP contribution in [0.2, 0.25) is 5.02 Å². The zero-order valence-electron chi connectivity index (χ0n) is 17.8. The summed E-state index contributed by atoms with van der Waals surface area (Å²) in [6.07, 6.45) is 1.23. The standard InChI is InChI=1S/C21H23ClN2O7S/c1-30-20(26)14-6-11-17(21(27)31-2)18(13-14)23-19(25)5-4-12-24(32(3,28)29)16-9-7-15(22)8-10-16/h6-11,13H,4-5,12H2,1-3H3,(H,23,25). The van der Waals surface area contributed by atoms with Crippen molar-refractivity contribution in [2.75, 3.05) is 36.6 Å². The van der Waals surface area contributed by atoms with E-state index in [2.05, 4.69) is 10.1 Å². The Morgan fingerprint density at radius 3 is 2.19 bits per heavy atom. The minimum Gasteiger partial charge on any atom is -0.465 e. The second-order valence-corrected chi connectivity index (χ2v) is 9.05. The molecule has 0 aliphatic heterocycles. The number of rotatable bonds is 9. The smallest absolute Gasteiger partial charge is 0.339 e. The summed E-state index contributed by atoms with van der Waals surface area (Å²) in [5.74, 6) is -1.80. The van der Waals surface area contributed by atoms with Crippen LogP contribution >= 0.6 is 11.6 Å². The Hall–Kier alpha value is -3.11. The van der Waals surface area contributed by atoms with Crippen molar-refractivity contribution >= 4 is 50.8 Å². The summed E-state index contributed by atoms with van der Waals surface area (Å²) in [4.78, 5) is 36.2. The molecule has 0 heterocycles. The molecule has 0 radical (unpaired) electrons. The Balaban J connectivity index is 2.12. The molecule has 0 aliphatic carbocycles. The van der Waals surface area contributed by atoms with Crippen molar-refractivity contribution < 1.29 is 32.3 Å². The van der Waals surface area contributed by atoms with Gasteiger partial charge < -0.3 is 14.8 Å². The maximum absolute atomic E-state index is 12.5. The lowest BCUT2D eigenvalue weighted by atomic mass is 10.1. The molecule has 0 spiro atoms. The van der Waals surface area contributed by atoms with E-state index in [1.54, 1.807) is 24.3 Å². The lowest BCUT2D eigenvalue weighted by molar-refractivity contribution is -0.116. The van der Waals surface area contributed by atoms with Gasteiger partial charge in [-0.1, -0.05) is 11.6 Å². The van der Waals surface area contributed by atoms with Crippen molar-refractivity contribution in [2.24, 2.45) is 0 Å². The fourth-order valence-electron chi connectivity index (χ4n) is 2.87. The molecule has 2 rings (SSSR count). The van der Waals surface area contributed by atoms with Gasteiger partial charge in [-0.25, -0.2) is 18.0 Å². The molecule has 11 heteroatoms. The highest BCUT2D eigenvalue weighted by Crippen LogP contribution is 2.22. The quantitative estimate of drug-likeness (QED) is 0.545. The van der Waals surface area contributed by atoms with Gasteiger partial charge in [-0.2, -0.15) is 0 Å². The molecule has 0 unspecified atom stereocenters. The molecule has 0 saturated carbocycles. The van der Waals surface area contributed by atoms with Gasteiger partial charge in [-0.3, -0.25) is 9.10 Å². The van der Waals surface area contributed by atoms with Gasteiger partial charge in [0, 0.05) is 18.0 Å². The van der Waals surface area contributed by atoms with Crippen LogP contribution in [0.25, 0.3) is 0 Å². The lowest BCUT2D eigenvalue weighted by Crippen LogP contribution is -2.31. The van der Waals surface area contributed by atoms with Crippen LogP contribution in [0.3, 0.4) is 0 Å². The Morgan fingerprint density at radius 1 is 1.00 bits per heavy atom. The van der Waals surface area contributed by atoms with E-state index in [1.807, 2.05) is 0 Å². The third-order valence-corrected chi connectivity index (χ3v) is 5.85. The molecule has 1 amide bonds. The van der Waals surface area contributed by atoms with Gasteiger partial charge in [-0.05, 0) is 48.9 Å². The third kappa shape index (κ3) is 6.69. The van der Waals surface area contributed by atoms with Crippen LogP contribution in [-0.4, -0.2) is 53.3 Å². The number of nitrogens with zero attached hydrogens (tertiary/aromatic N) is 1. The fourth-order valence-corrected chi connectivity index (χ4v) is 3.96. The van der Waals surface area contributed by atoms with E-state index < -0.39 is 27.9 Å². The average molecular weight is 483 g/mol. The summed E-state index contributed by atoms with van der Waals surface area (Å²) >= 11 is 5.86. The van der Waals surface area contributed by atoms with Crippen LogP contribution in [0.15, 0.2) is 42.5 Å². The van der Waals surface area contributed by atoms with Crippen molar-refractivity contribution in [3.8, 4) is 0 Å². The number of ether oxygens (including phenoxy) is 2. The van der Waals surface area contributed by atoms with E-state index in [0.29, 0.717) is 10.7 Å². The minimum absolute atomic E-state index is 0.0390. The van der Waals surface area contributed by atoms with Crippen LogP contribution in [0.5, 0.6) is 0 Å². The minimum atomic E-state index is -3.58. The Bertz CT molecular complexity index is 1100. The van der Waals surface area contributed by atoms with E-state index >= 15 is 0 Å². The Labute approximate surface area is 191 Å². The molecule has 9 nitrogen and oxygen atoms in total. The number of methoxy groups -OCH3 is 2. The first kappa shape index (κ1) is 25.2. The SMILES string of the molecule is COC(=O)c1ccc(C(=O)OC)c(NC(=O)CCCN(c2ccc(Cl)cc2)S(C)(=O)=O)c1. The van der Waals surface area contributed by atoms with Crippen LogP contribution in [0.4, 0.5) is 11.4 Å². The van der Waals surface area contributed by atoms with E-state index in [0.717, 1.165) is 6.26 Å². The molecule has 0 atom stereocenters. The number of halogens is 1. The number of carbonyl (C=O) groups excluding carboxylic acids is 3. The summed E-state index contributed by atoms with van der Waals surface area (Å²) in [6, 6.07) is 10.3. The molecule has 172 valence electrons. The van der Waals surface area contributed by atoms with Gasteiger partial charge in [0.15, 0.2) is 0 Å². The second-order valence-electron chi connectivity index (χ2n) is 6.71. The maximum atomic E-state index is 12.5. The van der Waals surface area contributed by atoms with Crippen molar-refractivity contribution in [3.63, 3.8) is 0 Å². The van der Waals surface area contributed by atoms with Crippen LogP contribution in [0, 0.1) is 0 Å². The lowest BCUT2D eigenvalue weighted by Gasteiger charge is -2.22. The normalized spacial score (nSPS) is 10.9. The van der Waals surface area contributed by atoms with Crippen molar-refractivity contribution in [2.45, 2.75) is 12.8 Å². The summed E-state index contributed by atoms with van der Waals surface area (Å²) < 4.78 is 34.9. The van der Waals surface area contributed by atoms with Gasteiger partial charge in [-0.15, -0.1) is 0 Å². The number of anilines is 2. The number of sulfonamides is 1. The summed E-state index contributed by atoms with van der Waals surface area (Å²) in [7, 11) is -1.18. The van der Waals surface area contributed by atoms with E-state index in [9.17, 15) is 22.8 Å². The molecule has 1 N–H and O–H groups in total. The molecule has 32 heavy (non-hydrogen) atoms.